The molecule has 172 valence electrons. The number of halogens is 4. The average Bonchev–Trinajstić information content (AvgIpc) is 3.28. The summed E-state index contributed by atoms with van der Waals surface area (Å²) in [5.74, 6) is -0.845. The van der Waals surface area contributed by atoms with Gasteiger partial charge in [0.05, 0.1) is 11.6 Å². The SMILES string of the molecule is CCc1c(C)sc(NC(=O)c2nn3c(c2Cl)N[C@H](c2ccccc2)C[C@@H]3C(F)(F)F)c1C#N. The van der Waals surface area contributed by atoms with E-state index < -0.39 is 24.2 Å². The number of thiophene rings is 1. The highest BCUT2D eigenvalue weighted by Gasteiger charge is 2.47. The average molecular weight is 494 g/mol. The molecular formula is C22H19ClF3N5OS. The molecule has 3 heterocycles. The lowest BCUT2D eigenvalue weighted by Gasteiger charge is -2.33. The van der Waals surface area contributed by atoms with Gasteiger partial charge in [0.1, 0.15) is 21.9 Å². The molecular weight excluding hydrogens is 475 g/mol. The van der Waals surface area contributed by atoms with E-state index >= 15 is 0 Å². The Kier molecular flexibility index (Phi) is 6.12. The molecule has 0 saturated carbocycles. The lowest BCUT2D eigenvalue weighted by Crippen LogP contribution is -2.35. The first-order chi connectivity index (χ1) is 15.7. The van der Waals surface area contributed by atoms with Gasteiger partial charge in [-0.1, -0.05) is 48.9 Å². The summed E-state index contributed by atoms with van der Waals surface area (Å²) in [5.41, 5.74) is 1.48. The molecule has 2 N–H and O–H groups in total. The molecule has 11 heteroatoms. The number of nitrogens with one attached hydrogen (secondary N) is 2. The van der Waals surface area contributed by atoms with Crippen LogP contribution in [0.15, 0.2) is 30.3 Å². The number of rotatable bonds is 4. The van der Waals surface area contributed by atoms with E-state index in [1.165, 1.54) is 11.3 Å². The molecule has 0 unspecified atom stereocenters. The van der Waals surface area contributed by atoms with E-state index in [1.807, 2.05) is 13.8 Å². The molecule has 33 heavy (non-hydrogen) atoms. The first-order valence-corrected chi connectivity index (χ1v) is 11.3. The third kappa shape index (κ3) is 4.18. The predicted octanol–water partition coefficient (Wildman–Crippen LogP) is 6.25. The fourth-order valence-electron chi connectivity index (χ4n) is 4.01. The number of carbonyl (C=O) groups excluding carboxylic acids is 1. The zero-order chi connectivity index (χ0) is 23.9. The molecule has 0 fully saturated rings. The molecule has 0 aliphatic carbocycles. The van der Waals surface area contributed by atoms with Crippen LogP contribution >= 0.6 is 22.9 Å². The Labute approximate surface area is 197 Å². The maximum atomic E-state index is 13.9. The molecule has 4 rings (SSSR count). The second-order valence-corrected chi connectivity index (χ2v) is 9.22. The third-order valence-electron chi connectivity index (χ3n) is 5.61. The van der Waals surface area contributed by atoms with Gasteiger partial charge in [-0.15, -0.1) is 11.3 Å². The van der Waals surface area contributed by atoms with Crippen molar-refractivity contribution >= 4 is 39.7 Å². The molecule has 3 aromatic rings. The second kappa shape index (κ2) is 8.72. The third-order valence-corrected chi connectivity index (χ3v) is 7.03. The van der Waals surface area contributed by atoms with Crippen LogP contribution in [0.2, 0.25) is 5.02 Å². The first-order valence-electron chi connectivity index (χ1n) is 10.2. The smallest absolute Gasteiger partial charge is 0.362 e. The van der Waals surface area contributed by atoms with Gasteiger partial charge in [-0.2, -0.15) is 23.5 Å². The molecule has 0 spiro atoms. The molecule has 0 radical (unpaired) electrons. The van der Waals surface area contributed by atoms with E-state index in [0.29, 0.717) is 22.5 Å². The standard InChI is InChI=1S/C22H19ClF3N5OS/c1-3-13-11(2)33-21(14(13)10-27)29-20(32)18-17(23)19-28-15(12-7-5-4-6-8-12)9-16(22(24,25)26)31(19)30-18/h4-8,15-16,28H,3,9H2,1-2H3,(H,29,32)/t15-,16+/m0/s1. The number of anilines is 2. The number of fused-ring (bicyclic) bond motifs is 1. The van der Waals surface area contributed by atoms with Crippen LogP contribution in [0.3, 0.4) is 0 Å². The first kappa shape index (κ1) is 23.1. The van der Waals surface area contributed by atoms with Gasteiger partial charge in [-0.25, -0.2) is 4.68 Å². The zero-order valence-corrected chi connectivity index (χ0v) is 19.2. The van der Waals surface area contributed by atoms with Crippen LogP contribution in [0.4, 0.5) is 24.0 Å². The zero-order valence-electron chi connectivity index (χ0n) is 17.6. The van der Waals surface area contributed by atoms with Gasteiger partial charge in [0.2, 0.25) is 0 Å². The number of amides is 1. The highest BCUT2D eigenvalue weighted by molar-refractivity contribution is 7.16. The Bertz CT molecular complexity index is 1250. The summed E-state index contributed by atoms with van der Waals surface area (Å²) in [4.78, 5) is 13.8. The van der Waals surface area contributed by atoms with E-state index in [1.54, 1.807) is 30.3 Å². The van der Waals surface area contributed by atoms with Crippen molar-refractivity contribution in [3.8, 4) is 6.07 Å². The molecule has 0 saturated heterocycles. The van der Waals surface area contributed by atoms with Gasteiger partial charge < -0.3 is 10.6 Å². The summed E-state index contributed by atoms with van der Waals surface area (Å²) >= 11 is 7.60. The van der Waals surface area contributed by atoms with E-state index in [0.717, 1.165) is 15.1 Å². The highest BCUT2D eigenvalue weighted by atomic mass is 35.5. The Morgan fingerprint density at radius 2 is 2.09 bits per heavy atom. The van der Waals surface area contributed by atoms with E-state index in [-0.39, 0.29) is 23.0 Å². The maximum absolute atomic E-state index is 13.9. The molecule has 0 bridgehead atoms. The summed E-state index contributed by atoms with van der Waals surface area (Å²) in [6.07, 6.45) is -4.29. The van der Waals surface area contributed by atoms with Crippen molar-refractivity contribution < 1.29 is 18.0 Å². The van der Waals surface area contributed by atoms with Gasteiger partial charge in [0, 0.05) is 11.3 Å². The van der Waals surface area contributed by atoms with Gasteiger partial charge in [0.15, 0.2) is 11.7 Å². The van der Waals surface area contributed by atoms with E-state index in [4.69, 9.17) is 11.6 Å². The van der Waals surface area contributed by atoms with Crippen molar-refractivity contribution in [3.63, 3.8) is 0 Å². The Morgan fingerprint density at radius 1 is 1.39 bits per heavy atom. The van der Waals surface area contributed by atoms with Gasteiger partial charge >= 0.3 is 6.18 Å². The summed E-state index contributed by atoms with van der Waals surface area (Å²) in [7, 11) is 0. The Hall–Kier alpha value is -3.03. The molecule has 1 aliphatic heterocycles. The number of aromatic nitrogens is 2. The fraction of sp³-hybridized carbons (Fsp3) is 0.318. The minimum Gasteiger partial charge on any atom is -0.362 e. The lowest BCUT2D eigenvalue weighted by molar-refractivity contribution is -0.173. The Balaban J connectivity index is 1.72. The van der Waals surface area contributed by atoms with Crippen LogP contribution in [0.25, 0.3) is 0 Å². The minimum absolute atomic E-state index is 0.0682. The van der Waals surface area contributed by atoms with Gasteiger partial charge in [-0.05, 0) is 24.5 Å². The van der Waals surface area contributed by atoms with E-state index in [9.17, 15) is 23.2 Å². The molecule has 6 nitrogen and oxygen atoms in total. The van der Waals surface area contributed by atoms with Crippen LogP contribution < -0.4 is 10.6 Å². The molecule has 1 amide bonds. The van der Waals surface area contributed by atoms with Crippen LogP contribution in [0.1, 0.15) is 57.5 Å². The van der Waals surface area contributed by atoms with Gasteiger partial charge in [-0.3, -0.25) is 4.79 Å². The minimum atomic E-state index is -4.60. The van der Waals surface area contributed by atoms with Crippen molar-refractivity contribution in [2.45, 2.75) is 44.9 Å². The Morgan fingerprint density at radius 3 is 2.70 bits per heavy atom. The number of nitrogens with zero attached hydrogens (tertiary/aromatic N) is 3. The van der Waals surface area contributed by atoms with Crippen LogP contribution in [0, 0.1) is 18.3 Å². The summed E-state index contributed by atoms with van der Waals surface area (Å²) < 4.78 is 42.5. The number of alkyl halides is 3. The van der Waals surface area contributed by atoms with Crippen molar-refractivity contribution in [1.82, 2.24) is 9.78 Å². The second-order valence-electron chi connectivity index (χ2n) is 7.62. The van der Waals surface area contributed by atoms with Crippen LogP contribution in [0.5, 0.6) is 0 Å². The summed E-state index contributed by atoms with van der Waals surface area (Å²) in [5, 5.41) is 19.2. The van der Waals surface area contributed by atoms with Crippen molar-refractivity contribution in [2.24, 2.45) is 0 Å². The number of hydrogen-bond acceptors (Lipinski definition) is 5. The van der Waals surface area contributed by atoms with Crippen molar-refractivity contribution in [1.29, 1.82) is 5.26 Å². The van der Waals surface area contributed by atoms with Crippen LogP contribution in [-0.4, -0.2) is 21.9 Å². The normalized spacial score (nSPS) is 17.7. The number of hydrogen-bond donors (Lipinski definition) is 2. The number of carbonyl (C=O) groups is 1. The number of benzene rings is 1. The highest BCUT2D eigenvalue weighted by Crippen LogP contribution is 2.46. The number of aryl methyl sites for hydroxylation is 1. The molecule has 2 aromatic heterocycles. The maximum Gasteiger partial charge on any atom is 0.410 e. The summed E-state index contributed by atoms with van der Waals surface area (Å²) in [6.45, 7) is 3.73. The summed E-state index contributed by atoms with van der Waals surface area (Å²) in [6, 6.07) is 8.19. The van der Waals surface area contributed by atoms with E-state index in [2.05, 4.69) is 21.8 Å². The monoisotopic (exact) mass is 493 g/mol. The molecule has 1 aliphatic rings. The molecule has 1 aromatic carbocycles. The number of nitriles is 1. The van der Waals surface area contributed by atoms with Crippen molar-refractivity contribution in [2.75, 3.05) is 10.6 Å². The predicted molar refractivity (Wildman–Crippen MR) is 121 cm³/mol. The fourth-order valence-corrected chi connectivity index (χ4v) is 5.37. The van der Waals surface area contributed by atoms with Crippen molar-refractivity contribution in [3.05, 3.63) is 62.6 Å². The lowest BCUT2D eigenvalue weighted by atomic mass is 9.97. The largest absolute Gasteiger partial charge is 0.410 e. The van der Waals surface area contributed by atoms with Gasteiger partial charge in [0.25, 0.3) is 5.91 Å². The quantitative estimate of drug-likeness (QED) is 0.450. The topological polar surface area (TPSA) is 82.7 Å². The van der Waals surface area contributed by atoms with Crippen LogP contribution in [-0.2, 0) is 6.42 Å². The molecule has 2 atom stereocenters.